The highest BCUT2D eigenvalue weighted by atomic mass is 32.1. The Kier molecular flexibility index (Phi) is 3.26. The Morgan fingerprint density at radius 1 is 1.26 bits per heavy atom. The summed E-state index contributed by atoms with van der Waals surface area (Å²) in [4.78, 5) is 13.0. The Bertz CT molecular complexity index is 730. The van der Waals surface area contributed by atoms with Gasteiger partial charge in [-0.25, -0.2) is 4.79 Å². The van der Waals surface area contributed by atoms with E-state index in [9.17, 15) is 4.79 Å². The molecule has 0 atom stereocenters. The van der Waals surface area contributed by atoms with Gasteiger partial charge in [0.25, 0.3) is 0 Å². The molecule has 0 radical (unpaired) electrons. The number of nitrogens with zero attached hydrogens (tertiary/aromatic N) is 2. The number of primary amides is 1. The number of carbonyl (C=O) groups is 1. The van der Waals surface area contributed by atoms with Gasteiger partial charge in [0.05, 0.1) is 5.39 Å². The summed E-state index contributed by atoms with van der Waals surface area (Å²) in [5.41, 5.74) is 12.1. The van der Waals surface area contributed by atoms with Gasteiger partial charge in [-0.1, -0.05) is 37.8 Å². The highest BCUT2D eigenvalue weighted by Crippen LogP contribution is 2.35. The molecule has 2 aromatic heterocycles. The SMILES string of the molecule is C.NC(=O)n1nc(N)c2cc(-c3ccccc3)sc21. The first-order chi connectivity index (χ1) is 8.66. The lowest BCUT2D eigenvalue weighted by molar-refractivity contribution is 0.249. The van der Waals surface area contributed by atoms with Crippen LogP contribution in [0.2, 0.25) is 0 Å². The number of hydrogen-bond acceptors (Lipinski definition) is 4. The van der Waals surface area contributed by atoms with Crippen molar-refractivity contribution in [3.63, 3.8) is 0 Å². The largest absolute Gasteiger partial charge is 0.382 e. The van der Waals surface area contributed by atoms with Gasteiger partial charge in [0, 0.05) is 4.88 Å². The van der Waals surface area contributed by atoms with Gasteiger partial charge in [0.1, 0.15) is 4.83 Å². The van der Waals surface area contributed by atoms with Crippen molar-refractivity contribution < 1.29 is 4.79 Å². The number of fused-ring (bicyclic) bond motifs is 1. The third kappa shape index (κ3) is 2.06. The van der Waals surface area contributed by atoms with E-state index in [0.29, 0.717) is 10.6 Å². The molecular formula is C13H14N4OS. The molecule has 4 N–H and O–H groups in total. The van der Waals surface area contributed by atoms with Gasteiger partial charge in [-0.15, -0.1) is 16.4 Å². The van der Waals surface area contributed by atoms with E-state index in [2.05, 4.69) is 5.10 Å². The van der Waals surface area contributed by atoms with Crippen LogP contribution in [0.5, 0.6) is 0 Å². The lowest BCUT2D eigenvalue weighted by atomic mass is 10.2. The first-order valence-corrected chi connectivity index (χ1v) is 6.12. The first kappa shape index (κ1) is 13.1. The predicted molar refractivity (Wildman–Crippen MR) is 79.2 cm³/mol. The Hall–Kier alpha value is -2.34. The molecule has 0 aliphatic carbocycles. The fourth-order valence-electron chi connectivity index (χ4n) is 1.82. The van der Waals surface area contributed by atoms with Crippen LogP contribution in [0.15, 0.2) is 36.4 Å². The second-order valence-corrected chi connectivity index (χ2v) is 4.86. The molecule has 6 heteroatoms. The van der Waals surface area contributed by atoms with Gasteiger partial charge in [-0.2, -0.15) is 4.68 Å². The summed E-state index contributed by atoms with van der Waals surface area (Å²) in [7, 11) is 0. The Morgan fingerprint density at radius 3 is 2.58 bits per heavy atom. The number of aromatic nitrogens is 2. The molecule has 0 saturated carbocycles. The molecular weight excluding hydrogens is 260 g/mol. The van der Waals surface area contributed by atoms with E-state index in [0.717, 1.165) is 20.5 Å². The molecule has 19 heavy (non-hydrogen) atoms. The van der Waals surface area contributed by atoms with Crippen LogP contribution in [0.1, 0.15) is 7.43 Å². The number of benzene rings is 1. The fraction of sp³-hybridized carbons (Fsp3) is 0.0769. The summed E-state index contributed by atoms with van der Waals surface area (Å²) in [6, 6.07) is 11.2. The van der Waals surface area contributed by atoms with E-state index in [4.69, 9.17) is 11.5 Å². The zero-order chi connectivity index (χ0) is 12.7. The summed E-state index contributed by atoms with van der Waals surface area (Å²) in [5.74, 6) is 0.322. The number of thiophene rings is 1. The molecule has 3 aromatic rings. The van der Waals surface area contributed by atoms with Gasteiger partial charge in [-0.05, 0) is 11.6 Å². The van der Waals surface area contributed by atoms with Crippen LogP contribution in [0, 0.1) is 0 Å². The average molecular weight is 274 g/mol. The minimum Gasteiger partial charge on any atom is -0.382 e. The van der Waals surface area contributed by atoms with E-state index in [-0.39, 0.29) is 7.43 Å². The normalized spacial score (nSPS) is 10.3. The monoisotopic (exact) mass is 274 g/mol. The lowest BCUT2D eigenvalue weighted by Crippen LogP contribution is -2.20. The second-order valence-electron chi connectivity index (χ2n) is 3.83. The van der Waals surface area contributed by atoms with Crippen molar-refractivity contribution in [2.45, 2.75) is 7.43 Å². The van der Waals surface area contributed by atoms with Crippen LogP contribution >= 0.6 is 11.3 Å². The van der Waals surface area contributed by atoms with Gasteiger partial charge >= 0.3 is 6.03 Å². The molecule has 0 aliphatic rings. The lowest BCUT2D eigenvalue weighted by Gasteiger charge is -1.96. The molecule has 0 saturated heterocycles. The van der Waals surface area contributed by atoms with Crippen molar-refractivity contribution in [3.05, 3.63) is 36.4 Å². The molecule has 0 fully saturated rings. The number of nitrogens with two attached hydrogens (primary N) is 2. The van der Waals surface area contributed by atoms with Gasteiger partial charge in [0.15, 0.2) is 5.82 Å². The average Bonchev–Trinajstić information content (AvgIpc) is 2.91. The maximum atomic E-state index is 11.2. The molecule has 3 rings (SSSR count). The van der Waals surface area contributed by atoms with E-state index in [1.807, 2.05) is 36.4 Å². The molecule has 0 bridgehead atoms. The third-order valence-electron chi connectivity index (χ3n) is 2.66. The third-order valence-corrected chi connectivity index (χ3v) is 3.82. The zero-order valence-corrected chi connectivity index (χ0v) is 10.1. The van der Waals surface area contributed by atoms with Gasteiger partial charge in [0.2, 0.25) is 0 Å². The number of carbonyl (C=O) groups excluding carboxylic acids is 1. The molecule has 0 unspecified atom stereocenters. The van der Waals surface area contributed by atoms with Crippen LogP contribution in [0.4, 0.5) is 10.6 Å². The minimum absolute atomic E-state index is 0. The number of amides is 1. The highest BCUT2D eigenvalue weighted by Gasteiger charge is 2.15. The van der Waals surface area contributed by atoms with E-state index in [1.165, 1.54) is 11.3 Å². The first-order valence-electron chi connectivity index (χ1n) is 5.30. The number of anilines is 1. The van der Waals surface area contributed by atoms with Crippen molar-refractivity contribution in [1.82, 2.24) is 9.78 Å². The quantitative estimate of drug-likeness (QED) is 0.715. The second kappa shape index (κ2) is 4.74. The molecule has 5 nitrogen and oxygen atoms in total. The maximum Gasteiger partial charge on any atom is 0.340 e. The Balaban J connectivity index is 0.00000133. The smallest absolute Gasteiger partial charge is 0.340 e. The summed E-state index contributed by atoms with van der Waals surface area (Å²) in [6.07, 6.45) is 0. The zero-order valence-electron chi connectivity index (χ0n) is 9.33. The van der Waals surface area contributed by atoms with E-state index >= 15 is 0 Å². The van der Waals surface area contributed by atoms with Crippen LogP contribution in [-0.2, 0) is 0 Å². The minimum atomic E-state index is -0.627. The number of nitrogen functional groups attached to an aromatic ring is 1. The number of rotatable bonds is 1. The predicted octanol–water partition coefficient (Wildman–Crippen LogP) is 2.91. The highest BCUT2D eigenvalue weighted by molar-refractivity contribution is 7.22. The van der Waals surface area contributed by atoms with Crippen molar-refractivity contribution in [2.75, 3.05) is 5.73 Å². The van der Waals surface area contributed by atoms with Crippen LogP contribution in [0.25, 0.3) is 20.7 Å². The maximum absolute atomic E-state index is 11.2. The molecule has 1 amide bonds. The van der Waals surface area contributed by atoms with Crippen molar-refractivity contribution in [2.24, 2.45) is 5.73 Å². The standard InChI is InChI=1S/C12H10N4OS.CH4/c13-10-8-6-9(7-4-2-1-3-5-7)18-11(8)16(15-10)12(14)17;/h1-6H,(H2,13,15)(H2,14,17);1H4. The molecule has 98 valence electrons. The van der Waals surface area contributed by atoms with Crippen LogP contribution < -0.4 is 11.5 Å². The van der Waals surface area contributed by atoms with Crippen LogP contribution in [-0.4, -0.2) is 15.8 Å². The fourth-order valence-corrected chi connectivity index (χ4v) is 2.95. The summed E-state index contributed by atoms with van der Waals surface area (Å²) >= 11 is 1.45. The van der Waals surface area contributed by atoms with Gasteiger partial charge in [-0.3, -0.25) is 0 Å². The van der Waals surface area contributed by atoms with E-state index in [1.54, 1.807) is 0 Å². The number of hydrogen-bond donors (Lipinski definition) is 2. The van der Waals surface area contributed by atoms with Crippen molar-refractivity contribution >= 4 is 33.4 Å². The topological polar surface area (TPSA) is 86.9 Å². The van der Waals surface area contributed by atoms with Crippen molar-refractivity contribution in [1.29, 1.82) is 0 Å². The summed E-state index contributed by atoms with van der Waals surface area (Å²) in [6.45, 7) is 0. The molecule has 0 aliphatic heterocycles. The Morgan fingerprint density at radius 2 is 1.95 bits per heavy atom. The molecule has 0 spiro atoms. The van der Waals surface area contributed by atoms with Crippen LogP contribution in [0.3, 0.4) is 0 Å². The van der Waals surface area contributed by atoms with Crippen molar-refractivity contribution in [3.8, 4) is 10.4 Å². The summed E-state index contributed by atoms with van der Waals surface area (Å²) < 4.78 is 1.14. The molecule has 2 heterocycles. The van der Waals surface area contributed by atoms with Gasteiger partial charge < -0.3 is 11.5 Å². The summed E-state index contributed by atoms with van der Waals surface area (Å²) in [5, 5.41) is 4.68. The molecule has 1 aromatic carbocycles. The van der Waals surface area contributed by atoms with E-state index < -0.39 is 6.03 Å². The Labute approximate surface area is 114 Å².